The van der Waals surface area contributed by atoms with Gasteiger partial charge in [0.05, 0.1) is 15.5 Å². The highest BCUT2D eigenvalue weighted by molar-refractivity contribution is 7.86. The molecule has 0 aliphatic rings. The maximum atomic E-state index is 11.5. The smallest absolute Gasteiger partial charge is 0.294 e. The van der Waals surface area contributed by atoms with Crippen LogP contribution in [0.2, 0.25) is 0 Å². The highest BCUT2D eigenvalue weighted by Gasteiger charge is 2.17. The Morgan fingerprint density at radius 3 is 2.20 bits per heavy atom. The Hall–Kier alpha value is -2.86. The maximum Gasteiger partial charge on any atom is 0.294 e. The first kappa shape index (κ1) is 21.8. The second-order valence-corrected chi connectivity index (χ2v) is 9.38. The van der Waals surface area contributed by atoms with Crippen molar-refractivity contribution in [3.8, 4) is 5.75 Å². The molecule has 0 spiro atoms. The summed E-state index contributed by atoms with van der Waals surface area (Å²) in [5.74, 6) is -0.199. The van der Waals surface area contributed by atoms with Crippen LogP contribution in [0.15, 0.2) is 62.5 Å². The summed E-state index contributed by atoms with van der Waals surface area (Å²) in [4.78, 5) is -0.516. The molecule has 0 radical (unpaired) electrons. The Morgan fingerprint density at radius 1 is 0.900 bits per heavy atom. The normalized spacial score (nSPS) is 12.7. The Balaban J connectivity index is 2.14. The number of azo groups is 1. The molecule has 0 unspecified atom stereocenters. The number of nitrogens with zero attached hydrogens (tertiary/aromatic N) is 2. The van der Waals surface area contributed by atoms with E-state index in [0.717, 1.165) is 0 Å². The molecule has 3 rings (SSSR count). The summed E-state index contributed by atoms with van der Waals surface area (Å²) < 4.78 is 64.3. The van der Waals surface area contributed by atoms with Crippen LogP contribution in [0.25, 0.3) is 10.8 Å². The molecule has 0 aromatic heterocycles. The Morgan fingerprint density at radius 2 is 1.60 bits per heavy atom. The molecule has 3 aromatic rings. The molecule has 30 heavy (non-hydrogen) atoms. The average Bonchev–Trinajstić information content (AvgIpc) is 2.65. The molecule has 158 valence electrons. The minimum atomic E-state index is -4.39. The van der Waals surface area contributed by atoms with Crippen molar-refractivity contribution in [2.75, 3.05) is 0 Å². The van der Waals surface area contributed by atoms with Crippen LogP contribution in [0.3, 0.4) is 0 Å². The third-order valence-electron chi connectivity index (χ3n) is 4.53. The monoisotopic (exact) mass is 450 g/mol. The standard InChI is InChI=1S/C19H18N2O7S2/c1-3-12-10-18(30(26,27)28)11(2)8-16(12)20-21-19-15-6-5-14(29(23,24)25)9-13(15)4-7-17(19)22/h4-10,22H,3H2,1-2H3,(H,23,24,25)(H,26,27,28)/b21-20+. The molecule has 0 aliphatic heterocycles. The molecule has 11 heteroatoms. The number of hydrogen-bond acceptors (Lipinski definition) is 7. The second kappa shape index (κ2) is 7.76. The Kier molecular flexibility index (Phi) is 5.65. The number of benzene rings is 3. The van der Waals surface area contributed by atoms with Crippen molar-refractivity contribution in [1.29, 1.82) is 0 Å². The summed E-state index contributed by atoms with van der Waals surface area (Å²) in [6, 6.07) is 9.38. The topological polar surface area (TPSA) is 154 Å². The molecule has 9 nitrogen and oxygen atoms in total. The molecule has 3 aromatic carbocycles. The largest absolute Gasteiger partial charge is 0.506 e. The molecule has 0 heterocycles. The SMILES string of the molecule is CCc1cc(S(=O)(=O)O)c(C)cc1/N=N/c1c(O)ccc2cc(S(=O)(=O)O)ccc12. The summed E-state index contributed by atoms with van der Waals surface area (Å²) in [6.07, 6.45) is 0.413. The van der Waals surface area contributed by atoms with E-state index in [0.29, 0.717) is 28.4 Å². The minimum Gasteiger partial charge on any atom is -0.506 e. The van der Waals surface area contributed by atoms with Gasteiger partial charge in [0.1, 0.15) is 11.4 Å². The summed E-state index contributed by atoms with van der Waals surface area (Å²) in [5.41, 5.74) is 1.23. The molecule has 3 N–H and O–H groups in total. The van der Waals surface area contributed by atoms with Crippen LogP contribution in [0.4, 0.5) is 11.4 Å². The van der Waals surface area contributed by atoms with E-state index in [1.165, 1.54) is 49.4 Å². The van der Waals surface area contributed by atoms with Crippen LogP contribution in [0.1, 0.15) is 18.1 Å². The minimum absolute atomic E-state index is 0.0768. The molecule has 0 atom stereocenters. The zero-order valence-corrected chi connectivity index (χ0v) is 17.6. The molecule has 0 saturated carbocycles. The number of fused-ring (bicyclic) bond motifs is 1. The van der Waals surface area contributed by atoms with E-state index in [1.807, 2.05) is 0 Å². The van der Waals surface area contributed by atoms with Gasteiger partial charge < -0.3 is 5.11 Å². The zero-order chi connectivity index (χ0) is 22.3. The lowest BCUT2D eigenvalue weighted by Gasteiger charge is -2.09. The van der Waals surface area contributed by atoms with Gasteiger partial charge in [-0.1, -0.05) is 19.1 Å². The van der Waals surface area contributed by atoms with Gasteiger partial charge >= 0.3 is 0 Å². The number of phenols is 1. The Labute approximate surface area is 173 Å². The maximum absolute atomic E-state index is 11.5. The molecule has 0 fully saturated rings. The third kappa shape index (κ3) is 4.33. The lowest BCUT2D eigenvalue weighted by molar-refractivity contribution is 0.477. The van der Waals surface area contributed by atoms with Gasteiger partial charge in [0.2, 0.25) is 0 Å². The van der Waals surface area contributed by atoms with Gasteiger partial charge in [0.25, 0.3) is 20.2 Å². The summed E-state index contributed by atoms with van der Waals surface area (Å²) in [5, 5.41) is 19.2. The van der Waals surface area contributed by atoms with Crippen LogP contribution in [-0.2, 0) is 26.7 Å². The van der Waals surface area contributed by atoms with Crippen molar-refractivity contribution in [2.24, 2.45) is 10.2 Å². The molecule has 0 saturated heterocycles. The van der Waals surface area contributed by atoms with E-state index in [9.17, 15) is 31.0 Å². The molecular weight excluding hydrogens is 432 g/mol. The fraction of sp³-hybridized carbons (Fsp3) is 0.158. The van der Waals surface area contributed by atoms with Gasteiger partial charge in [-0.15, -0.1) is 5.11 Å². The van der Waals surface area contributed by atoms with E-state index in [1.54, 1.807) is 6.92 Å². The van der Waals surface area contributed by atoms with Crippen molar-refractivity contribution in [3.63, 3.8) is 0 Å². The number of rotatable bonds is 5. The summed E-state index contributed by atoms with van der Waals surface area (Å²) in [7, 11) is -8.77. The van der Waals surface area contributed by atoms with E-state index < -0.39 is 20.2 Å². The van der Waals surface area contributed by atoms with Crippen molar-refractivity contribution in [2.45, 2.75) is 30.1 Å². The lowest BCUT2D eigenvalue weighted by Crippen LogP contribution is -2.02. The first-order chi connectivity index (χ1) is 13.9. The molecular formula is C19H18N2O7S2. The fourth-order valence-corrected chi connectivity index (χ4v) is 4.29. The van der Waals surface area contributed by atoms with Crippen molar-refractivity contribution in [1.82, 2.24) is 0 Å². The molecule has 0 aliphatic carbocycles. The van der Waals surface area contributed by atoms with Crippen LogP contribution >= 0.6 is 0 Å². The number of aryl methyl sites for hydroxylation is 2. The number of aromatic hydroxyl groups is 1. The first-order valence-corrected chi connectivity index (χ1v) is 11.6. The van der Waals surface area contributed by atoms with Gasteiger partial charge in [-0.3, -0.25) is 9.11 Å². The van der Waals surface area contributed by atoms with Crippen molar-refractivity contribution >= 4 is 42.4 Å². The van der Waals surface area contributed by atoms with Gasteiger partial charge in [-0.2, -0.15) is 21.9 Å². The predicted octanol–water partition coefficient (Wildman–Crippen LogP) is 4.33. The van der Waals surface area contributed by atoms with Crippen molar-refractivity contribution < 1.29 is 31.0 Å². The van der Waals surface area contributed by atoms with E-state index in [2.05, 4.69) is 10.2 Å². The van der Waals surface area contributed by atoms with Crippen LogP contribution in [0, 0.1) is 6.92 Å². The van der Waals surface area contributed by atoms with Gasteiger partial charge in [-0.05, 0) is 60.2 Å². The molecule has 0 amide bonds. The van der Waals surface area contributed by atoms with E-state index in [-0.39, 0.29) is 26.8 Å². The summed E-state index contributed by atoms with van der Waals surface area (Å²) >= 11 is 0. The first-order valence-electron chi connectivity index (χ1n) is 8.67. The number of phenolic OH excluding ortho intramolecular Hbond substituents is 1. The molecule has 0 bridgehead atoms. The van der Waals surface area contributed by atoms with Crippen LogP contribution in [-0.4, -0.2) is 31.0 Å². The fourth-order valence-electron chi connectivity index (χ4n) is 3.02. The highest BCUT2D eigenvalue weighted by Crippen LogP contribution is 2.38. The van der Waals surface area contributed by atoms with Crippen LogP contribution in [0.5, 0.6) is 5.75 Å². The van der Waals surface area contributed by atoms with E-state index in [4.69, 9.17) is 0 Å². The van der Waals surface area contributed by atoms with Gasteiger partial charge in [-0.25, -0.2) is 0 Å². The predicted molar refractivity (Wildman–Crippen MR) is 110 cm³/mol. The second-order valence-electron chi connectivity index (χ2n) is 6.57. The van der Waals surface area contributed by atoms with E-state index >= 15 is 0 Å². The van der Waals surface area contributed by atoms with Gasteiger partial charge in [0, 0.05) is 5.39 Å². The number of hydrogen-bond donors (Lipinski definition) is 3. The highest BCUT2D eigenvalue weighted by atomic mass is 32.2. The summed E-state index contributed by atoms with van der Waals surface area (Å²) in [6.45, 7) is 3.29. The lowest BCUT2D eigenvalue weighted by atomic mass is 10.1. The Bertz CT molecular complexity index is 1400. The quantitative estimate of drug-likeness (QED) is 0.386. The zero-order valence-electron chi connectivity index (χ0n) is 15.9. The third-order valence-corrected chi connectivity index (χ3v) is 6.38. The average molecular weight is 450 g/mol. The van der Waals surface area contributed by atoms with Gasteiger partial charge in [0.15, 0.2) is 0 Å². The van der Waals surface area contributed by atoms with Crippen molar-refractivity contribution in [3.05, 3.63) is 53.6 Å². The van der Waals surface area contributed by atoms with Crippen LogP contribution < -0.4 is 0 Å².